The Morgan fingerprint density at radius 2 is 2.05 bits per heavy atom. The maximum atomic E-state index is 11.2. The molecule has 2 aliphatic rings. The Morgan fingerprint density at radius 3 is 2.68 bits per heavy atom. The van der Waals surface area contributed by atoms with Crippen LogP contribution < -0.4 is 10.2 Å². The highest BCUT2D eigenvalue weighted by molar-refractivity contribution is 5.85. The highest BCUT2D eigenvalue weighted by Gasteiger charge is 2.37. The molecule has 102 valence electrons. The van der Waals surface area contributed by atoms with Gasteiger partial charge >= 0.3 is 0 Å². The van der Waals surface area contributed by atoms with Crippen molar-refractivity contribution in [2.24, 2.45) is 5.41 Å². The number of hydrogen-bond donors (Lipinski definition) is 1. The summed E-state index contributed by atoms with van der Waals surface area (Å²) in [5.41, 5.74) is 3.70. The van der Waals surface area contributed by atoms with E-state index in [2.05, 4.69) is 23.2 Å². The maximum Gasteiger partial charge on any atom is 0.152 e. The molecule has 2 fully saturated rings. The summed E-state index contributed by atoms with van der Waals surface area (Å²) < 4.78 is 0. The predicted molar refractivity (Wildman–Crippen MR) is 77.9 cm³/mol. The van der Waals surface area contributed by atoms with E-state index in [1.807, 2.05) is 12.1 Å². The minimum Gasteiger partial charge on any atom is -0.371 e. The van der Waals surface area contributed by atoms with Crippen LogP contribution in [0.4, 0.5) is 5.69 Å². The van der Waals surface area contributed by atoms with Crippen LogP contribution in [-0.2, 0) is 0 Å². The average molecular weight is 258 g/mol. The van der Waals surface area contributed by atoms with Gasteiger partial charge in [-0.3, -0.25) is 4.79 Å². The number of nitrogens with zero attached hydrogens (tertiary/aromatic N) is 1. The van der Waals surface area contributed by atoms with E-state index in [1.54, 1.807) is 0 Å². The molecule has 2 heterocycles. The zero-order valence-corrected chi connectivity index (χ0v) is 11.6. The van der Waals surface area contributed by atoms with Crippen molar-refractivity contribution in [2.45, 2.75) is 26.2 Å². The average Bonchev–Trinajstić information content (AvgIpc) is 2.88. The Hall–Kier alpha value is -1.35. The molecule has 0 aromatic heterocycles. The van der Waals surface area contributed by atoms with Crippen LogP contribution in [0.2, 0.25) is 0 Å². The molecule has 0 saturated carbocycles. The van der Waals surface area contributed by atoms with Gasteiger partial charge < -0.3 is 10.2 Å². The van der Waals surface area contributed by atoms with E-state index in [0.29, 0.717) is 5.41 Å². The first kappa shape index (κ1) is 12.7. The number of carbonyl (C=O) groups excluding carboxylic acids is 1. The summed E-state index contributed by atoms with van der Waals surface area (Å²) in [5, 5.41) is 3.49. The van der Waals surface area contributed by atoms with Crippen LogP contribution in [0.15, 0.2) is 18.2 Å². The van der Waals surface area contributed by atoms with E-state index >= 15 is 0 Å². The monoisotopic (exact) mass is 258 g/mol. The van der Waals surface area contributed by atoms with Crippen LogP contribution in [0.25, 0.3) is 0 Å². The lowest BCUT2D eigenvalue weighted by molar-refractivity contribution is 0.112. The van der Waals surface area contributed by atoms with Crippen LogP contribution in [0.5, 0.6) is 0 Å². The van der Waals surface area contributed by atoms with Crippen molar-refractivity contribution in [3.63, 3.8) is 0 Å². The number of piperidine rings is 1. The van der Waals surface area contributed by atoms with Gasteiger partial charge in [0.05, 0.1) is 0 Å². The second-order valence-electron chi connectivity index (χ2n) is 6.09. The molecule has 1 aromatic carbocycles. The molecule has 2 saturated heterocycles. The zero-order chi connectivity index (χ0) is 13.3. The van der Waals surface area contributed by atoms with Gasteiger partial charge in [0.15, 0.2) is 6.29 Å². The van der Waals surface area contributed by atoms with Gasteiger partial charge in [-0.15, -0.1) is 0 Å². The van der Waals surface area contributed by atoms with Crippen molar-refractivity contribution in [2.75, 3.05) is 31.1 Å². The van der Waals surface area contributed by atoms with Crippen LogP contribution in [-0.4, -0.2) is 32.5 Å². The fourth-order valence-corrected chi connectivity index (χ4v) is 3.47. The molecule has 0 atom stereocenters. The molecule has 19 heavy (non-hydrogen) atoms. The molecule has 0 aliphatic carbocycles. The summed E-state index contributed by atoms with van der Waals surface area (Å²) in [7, 11) is 0. The zero-order valence-electron chi connectivity index (χ0n) is 11.6. The van der Waals surface area contributed by atoms with Gasteiger partial charge in [-0.2, -0.15) is 0 Å². The lowest BCUT2D eigenvalue weighted by Crippen LogP contribution is -2.41. The molecule has 1 spiro atoms. The minimum absolute atomic E-state index is 0.529. The number of benzene rings is 1. The van der Waals surface area contributed by atoms with Crippen LogP contribution >= 0.6 is 0 Å². The summed E-state index contributed by atoms with van der Waals surface area (Å²) in [4.78, 5) is 13.6. The van der Waals surface area contributed by atoms with Crippen molar-refractivity contribution in [3.05, 3.63) is 29.3 Å². The number of aldehydes is 1. The molecule has 3 nitrogen and oxygen atoms in total. The van der Waals surface area contributed by atoms with Crippen LogP contribution in [0.3, 0.4) is 0 Å². The molecule has 0 unspecified atom stereocenters. The highest BCUT2D eigenvalue weighted by atomic mass is 16.1. The van der Waals surface area contributed by atoms with Crippen molar-refractivity contribution >= 4 is 12.0 Å². The number of carbonyl (C=O) groups is 1. The summed E-state index contributed by atoms with van der Waals surface area (Å²) in [5.74, 6) is 0. The van der Waals surface area contributed by atoms with Crippen molar-refractivity contribution in [3.8, 4) is 0 Å². The SMILES string of the molecule is Cc1ccc(C=O)c(N2CCC3(CCNC3)CC2)c1. The van der Waals surface area contributed by atoms with Crippen LogP contribution in [0, 0.1) is 12.3 Å². The molecule has 3 heteroatoms. The topological polar surface area (TPSA) is 32.3 Å². The van der Waals surface area contributed by atoms with E-state index in [0.717, 1.165) is 30.6 Å². The largest absolute Gasteiger partial charge is 0.371 e. The summed E-state index contributed by atoms with van der Waals surface area (Å²) >= 11 is 0. The number of hydrogen-bond acceptors (Lipinski definition) is 3. The lowest BCUT2D eigenvalue weighted by Gasteiger charge is -2.40. The van der Waals surface area contributed by atoms with E-state index in [-0.39, 0.29) is 0 Å². The Labute approximate surface area is 115 Å². The Morgan fingerprint density at radius 1 is 1.26 bits per heavy atom. The number of aryl methyl sites for hydroxylation is 1. The molecule has 3 rings (SSSR count). The van der Waals surface area contributed by atoms with Gasteiger partial charge in [-0.05, 0) is 55.8 Å². The summed E-state index contributed by atoms with van der Waals surface area (Å²) in [6.45, 7) is 6.58. The third-order valence-corrected chi connectivity index (χ3v) is 4.81. The third kappa shape index (κ3) is 2.39. The number of rotatable bonds is 2. The molecular weight excluding hydrogens is 236 g/mol. The fraction of sp³-hybridized carbons (Fsp3) is 0.562. The van der Waals surface area contributed by atoms with Crippen molar-refractivity contribution in [1.29, 1.82) is 0 Å². The quantitative estimate of drug-likeness (QED) is 0.827. The summed E-state index contributed by atoms with van der Waals surface area (Å²) in [6.07, 6.45) is 4.78. The van der Waals surface area contributed by atoms with E-state index < -0.39 is 0 Å². The van der Waals surface area contributed by atoms with Crippen molar-refractivity contribution < 1.29 is 4.79 Å². The second kappa shape index (κ2) is 4.97. The molecule has 0 amide bonds. The van der Waals surface area contributed by atoms with Gasteiger partial charge in [0.1, 0.15) is 0 Å². The van der Waals surface area contributed by atoms with E-state index in [1.165, 1.54) is 37.9 Å². The van der Waals surface area contributed by atoms with Gasteiger partial charge in [0, 0.05) is 30.9 Å². The highest BCUT2D eigenvalue weighted by Crippen LogP contribution is 2.38. The molecule has 1 N–H and O–H groups in total. The number of nitrogens with one attached hydrogen (secondary N) is 1. The third-order valence-electron chi connectivity index (χ3n) is 4.81. The van der Waals surface area contributed by atoms with Gasteiger partial charge in [0.25, 0.3) is 0 Å². The lowest BCUT2D eigenvalue weighted by atomic mass is 9.77. The summed E-state index contributed by atoms with van der Waals surface area (Å²) in [6, 6.07) is 6.10. The first-order chi connectivity index (χ1) is 9.22. The second-order valence-corrected chi connectivity index (χ2v) is 6.09. The molecule has 0 radical (unpaired) electrons. The Bertz CT molecular complexity index is 468. The normalized spacial score (nSPS) is 21.8. The van der Waals surface area contributed by atoms with E-state index in [9.17, 15) is 4.79 Å². The fourth-order valence-electron chi connectivity index (χ4n) is 3.47. The smallest absolute Gasteiger partial charge is 0.152 e. The molecule has 1 aromatic rings. The van der Waals surface area contributed by atoms with Gasteiger partial charge in [-0.1, -0.05) is 6.07 Å². The van der Waals surface area contributed by atoms with Gasteiger partial charge in [-0.25, -0.2) is 0 Å². The van der Waals surface area contributed by atoms with Gasteiger partial charge in [0.2, 0.25) is 0 Å². The standard InChI is InChI=1S/C16H22N2O/c1-13-2-3-14(11-19)15(10-13)18-8-5-16(6-9-18)4-7-17-12-16/h2-3,10-11,17H,4-9,12H2,1H3. The van der Waals surface area contributed by atoms with Crippen LogP contribution in [0.1, 0.15) is 35.2 Å². The van der Waals surface area contributed by atoms with Crippen molar-refractivity contribution in [1.82, 2.24) is 5.32 Å². The Balaban J connectivity index is 1.77. The minimum atomic E-state index is 0.529. The maximum absolute atomic E-state index is 11.2. The Kier molecular flexibility index (Phi) is 3.31. The first-order valence-electron chi connectivity index (χ1n) is 7.24. The number of anilines is 1. The molecular formula is C16H22N2O. The molecule has 0 bridgehead atoms. The van der Waals surface area contributed by atoms with E-state index in [4.69, 9.17) is 0 Å². The molecule has 2 aliphatic heterocycles. The first-order valence-corrected chi connectivity index (χ1v) is 7.24. The predicted octanol–water partition coefficient (Wildman–Crippen LogP) is 2.39.